The summed E-state index contributed by atoms with van der Waals surface area (Å²) in [6, 6.07) is 0. The van der Waals surface area contributed by atoms with Gasteiger partial charge in [-0.1, -0.05) is 0 Å². The maximum atomic E-state index is 7.25. The van der Waals surface area contributed by atoms with Crippen LogP contribution in [0.2, 0.25) is 0 Å². The zero-order valence-electron chi connectivity index (χ0n) is 3.81. The van der Waals surface area contributed by atoms with Crippen LogP contribution in [0.5, 0.6) is 0 Å². The number of nitrogens with zero attached hydrogens (tertiary/aromatic N) is 3. The molecule has 0 aromatic rings. The third kappa shape index (κ3) is 1660. The van der Waals surface area contributed by atoms with Gasteiger partial charge in [0.15, 0.2) is 0 Å². The Morgan fingerprint density at radius 2 is 1.00 bits per heavy atom. The Bertz CT molecular complexity index is 41.0. The number of nitroso groups, excluding NO2 is 1. The van der Waals surface area contributed by atoms with Crippen LogP contribution in [-0.2, 0) is 36.5 Å². The Hall–Kier alpha value is -0.277. The summed E-state index contributed by atoms with van der Waals surface area (Å²) in [6.45, 7) is 9.50. The third-order valence-electron chi connectivity index (χ3n) is 0. The van der Waals surface area contributed by atoms with Crippen molar-refractivity contribution >= 4 is 0 Å². The molecule has 8 heavy (non-hydrogen) atoms. The fraction of sp³-hybridized carbons (Fsp3) is 0. The molecule has 0 aliphatic rings. The van der Waals surface area contributed by atoms with Crippen LogP contribution in [-0.4, -0.2) is 0 Å². The zero-order chi connectivity index (χ0) is 6.00. The van der Waals surface area contributed by atoms with E-state index >= 15 is 0 Å². The van der Waals surface area contributed by atoms with E-state index in [-0.39, 0.29) is 36.5 Å². The monoisotopic (exact) mass is 202 g/mol. The Labute approximate surface area is 70.9 Å². The molecule has 0 spiro atoms. The van der Waals surface area contributed by atoms with Crippen molar-refractivity contribution in [2.75, 3.05) is 0 Å². The molecule has 0 amide bonds. The molecule has 0 fully saturated rings. The maximum Gasteiger partial charge on any atom is 2.00 e. The minimum absolute atomic E-state index is 0. The van der Waals surface area contributed by atoms with Gasteiger partial charge in [-0.25, -0.2) is 0 Å². The van der Waals surface area contributed by atoms with E-state index in [1.165, 1.54) is 0 Å². The molecule has 0 aliphatic heterocycles. The molecule has 0 radical (unpaired) electrons. The van der Waals surface area contributed by atoms with Gasteiger partial charge in [0.1, 0.15) is 0 Å². The molecule has 40 valence electrons. The quantitative estimate of drug-likeness (QED) is 0.424. The van der Waals surface area contributed by atoms with E-state index in [9.17, 15) is 0 Å². The first kappa shape index (κ1) is 47.1. The summed E-state index contributed by atoms with van der Waals surface area (Å²) in [5.74, 6) is 0. The van der Waals surface area contributed by atoms with E-state index in [1.54, 1.807) is 0 Å². The Morgan fingerprint density at radius 1 is 1.00 bits per heavy atom. The summed E-state index contributed by atoms with van der Waals surface area (Å²) in [6.07, 6.45) is 0. The van der Waals surface area contributed by atoms with Crippen molar-refractivity contribution in [3.05, 3.63) is 23.6 Å². The van der Waals surface area contributed by atoms with Crippen LogP contribution in [0.3, 0.4) is 0 Å². The average Bonchev–Trinajstić information content (AvgIpc) is 1.81. The number of hydrogen-bond acceptors (Lipinski definition) is 3. The molecule has 0 saturated carbocycles. The predicted molar refractivity (Wildman–Crippen MR) is 16.7 cm³/mol. The van der Waals surface area contributed by atoms with Crippen LogP contribution < -0.4 is 0 Å². The minimum Gasteiger partial charge on any atom is -0.577 e. The second-order valence-electron chi connectivity index (χ2n) is 0. The van der Waals surface area contributed by atoms with Gasteiger partial charge in [-0.2, -0.15) is 0 Å². The summed E-state index contributed by atoms with van der Waals surface area (Å²) in [4.78, 5) is 7.25. The van der Waals surface area contributed by atoms with E-state index in [4.69, 9.17) is 34.2 Å². The van der Waals surface area contributed by atoms with Gasteiger partial charge in [-0.3, -0.25) is 0 Å². The SMILES string of the molecule is [C-]#N.[C-]#N.[Fe+2].[N-]=O.[Zn]. The van der Waals surface area contributed by atoms with Gasteiger partial charge in [0, 0.05) is 19.5 Å². The van der Waals surface area contributed by atoms with Crippen LogP contribution >= 0.6 is 0 Å². The van der Waals surface area contributed by atoms with Gasteiger partial charge < -0.3 is 34.2 Å². The van der Waals surface area contributed by atoms with Crippen LogP contribution in [0.1, 0.15) is 0 Å². The molecular weight excluding hydrogens is 203 g/mol. The molecule has 0 atom stereocenters. The standard InChI is InChI=1S/2CN.Fe.NO.Zn/c2*1-2;;1-2;/q2*-1;+2;-1;. The third-order valence-corrected chi connectivity index (χ3v) is 0. The van der Waals surface area contributed by atoms with E-state index in [0.717, 1.165) is 0 Å². The van der Waals surface area contributed by atoms with Crippen LogP contribution in [0.25, 0.3) is 5.59 Å². The normalized spacial score (nSPS) is 1.00. The fourth-order valence-electron chi connectivity index (χ4n) is 0. The zero-order valence-corrected chi connectivity index (χ0v) is 7.88. The molecule has 0 bridgehead atoms. The van der Waals surface area contributed by atoms with Gasteiger partial charge in [-0.05, 0) is 0 Å². The molecule has 0 aliphatic carbocycles. The number of hydrogen-bond donors (Lipinski definition) is 0. The topological polar surface area (TPSA) is 86.9 Å². The van der Waals surface area contributed by atoms with Crippen molar-refractivity contribution in [3.63, 3.8) is 0 Å². The first-order chi connectivity index (χ1) is 3.00. The molecular formula is C2FeN3OZn-. The predicted octanol–water partition coefficient (Wildman–Crippen LogP) is 0.510. The molecule has 0 rings (SSSR count). The van der Waals surface area contributed by atoms with Crippen molar-refractivity contribution in [2.45, 2.75) is 0 Å². The van der Waals surface area contributed by atoms with Crippen LogP contribution in [0, 0.1) is 28.6 Å². The summed E-state index contributed by atoms with van der Waals surface area (Å²) in [7, 11) is 0. The van der Waals surface area contributed by atoms with E-state index in [2.05, 4.69) is 0 Å². The number of rotatable bonds is 0. The Kier molecular flexibility index (Phi) is 16900. The van der Waals surface area contributed by atoms with E-state index in [1.807, 2.05) is 0 Å². The first-order valence-corrected chi connectivity index (χ1v) is 0.630. The molecule has 4 nitrogen and oxygen atoms in total. The molecule has 6 heteroatoms. The molecule has 0 aromatic heterocycles. The smallest absolute Gasteiger partial charge is 0.577 e. The largest absolute Gasteiger partial charge is 2.00 e. The van der Waals surface area contributed by atoms with E-state index < -0.39 is 0 Å². The fourth-order valence-corrected chi connectivity index (χ4v) is 0. The molecule has 0 heterocycles. The molecule has 0 N–H and O–H groups in total. The summed E-state index contributed by atoms with van der Waals surface area (Å²) in [5.41, 5.74) is 5.75. The second kappa shape index (κ2) is 2870. The average molecular weight is 203 g/mol. The van der Waals surface area contributed by atoms with E-state index in [0.29, 0.717) is 0 Å². The summed E-state index contributed by atoms with van der Waals surface area (Å²) < 4.78 is 0. The van der Waals surface area contributed by atoms with Crippen LogP contribution in [0.4, 0.5) is 0 Å². The Balaban J connectivity index is -0.00000000500. The van der Waals surface area contributed by atoms with Gasteiger partial charge >= 0.3 is 17.1 Å². The van der Waals surface area contributed by atoms with Crippen LogP contribution in [0.15, 0.2) is 0 Å². The van der Waals surface area contributed by atoms with Gasteiger partial charge in [0.25, 0.3) is 0 Å². The molecule has 0 aromatic carbocycles. The first-order valence-electron chi connectivity index (χ1n) is 0.630. The summed E-state index contributed by atoms with van der Waals surface area (Å²) >= 11 is 0. The molecule has 0 saturated heterocycles. The van der Waals surface area contributed by atoms with Crippen molar-refractivity contribution in [2.24, 2.45) is 0 Å². The van der Waals surface area contributed by atoms with Gasteiger partial charge in [0.05, 0.1) is 0 Å². The van der Waals surface area contributed by atoms with Crippen molar-refractivity contribution < 1.29 is 36.5 Å². The van der Waals surface area contributed by atoms with Crippen molar-refractivity contribution in [1.82, 2.24) is 0 Å². The maximum absolute atomic E-state index is 7.25. The van der Waals surface area contributed by atoms with Crippen molar-refractivity contribution in [1.29, 1.82) is 10.5 Å². The second-order valence-corrected chi connectivity index (χ2v) is 0. The van der Waals surface area contributed by atoms with Gasteiger partial charge in [0.2, 0.25) is 0 Å². The summed E-state index contributed by atoms with van der Waals surface area (Å²) in [5, 5.41) is 12.5. The Morgan fingerprint density at radius 3 is 1.00 bits per heavy atom. The van der Waals surface area contributed by atoms with Gasteiger partial charge in [-0.15, -0.1) is 0 Å². The molecule has 0 unspecified atom stereocenters. The minimum atomic E-state index is 0. The van der Waals surface area contributed by atoms with Crippen molar-refractivity contribution in [3.8, 4) is 0 Å².